The normalized spacial score (nSPS) is 10.5. The van der Waals surface area contributed by atoms with E-state index in [2.05, 4.69) is 16.8 Å². The fourth-order valence-corrected chi connectivity index (χ4v) is 2.81. The molecule has 1 aromatic heterocycles. The van der Waals surface area contributed by atoms with E-state index in [0.717, 1.165) is 29.8 Å². The summed E-state index contributed by atoms with van der Waals surface area (Å²) in [6.45, 7) is 4.80. The van der Waals surface area contributed by atoms with Crippen molar-refractivity contribution in [3.8, 4) is 5.75 Å². The summed E-state index contributed by atoms with van der Waals surface area (Å²) >= 11 is 6.98. The van der Waals surface area contributed by atoms with Crippen LogP contribution in [0.25, 0.3) is 0 Å². The van der Waals surface area contributed by atoms with Gasteiger partial charge in [-0.25, -0.2) is 0 Å². The smallest absolute Gasteiger partial charge is 0.313 e. The van der Waals surface area contributed by atoms with Crippen molar-refractivity contribution in [1.29, 1.82) is 0 Å². The second-order valence-corrected chi connectivity index (χ2v) is 6.27. The van der Waals surface area contributed by atoms with Crippen LogP contribution in [-0.2, 0) is 17.8 Å². The highest BCUT2D eigenvalue weighted by molar-refractivity contribution is 7.99. The minimum atomic E-state index is -0.883. The molecule has 0 aliphatic carbocycles. The van der Waals surface area contributed by atoms with Gasteiger partial charge in [0, 0.05) is 18.0 Å². The lowest BCUT2D eigenvalue weighted by Crippen LogP contribution is -2.07. The van der Waals surface area contributed by atoms with Crippen LogP contribution in [0.3, 0.4) is 0 Å². The van der Waals surface area contributed by atoms with Crippen LogP contribution in [0.2, 0.25) is 5.02 Å². The average molecular weight is 368 g/mol. The molecule has 2 aromatic rings. The molecule has 0 radical (unpaired) electrons. The number of aliphatic carboxylic acids is 1. The molecular weight excluding hydrogens is 350 g/mol. The SMILES string of the molecule is C=CCn1c(CCCOc2ccc(Cl)cc2)nnc1SCC(=O)O. The third-order valence-corrected chi connectivity index (χ3v) is 4.26. The Balaban J connectivity index is 1.87. The number of ether oxygens (including phenoxy) is 1. The molecule has 0 aliphatic heterocycles. The Hall–Kier alpha value is -1.99. The molecule has 128 valence electrons. The number of aryl methyl sites for hydroxylation is 1. The van der Waals surface area contributed by atoms with Crippen molar-refractivity contribution in [2.45, 2.75) is 24.5 Å². The van der Waals surface area contributed by atoms with Gasteiger partial charge in [0.2, 0.25) is 0 Å². The first-order chi connectivity index (χ1) is 11.6. The third kappa shape index (κ3) is 5.58. The molecule has 0 fully saturated rings. The van der Waals surface area contributed by atoms with E-state index in [1.807, 2.05) is 16.7 Å². The first kappa shape index (κ1) is 18.4. The minimum absolute atomic E-state index is 0.0467. The molecule has 0 bridgehead atoms. The molecule has 0 saturated carbocycles. The number of hydrogen-bond donors (Lipinski definition) is 1. The molecule has 1 aromatic carbocycles. The van der Waals surface area contributed by atoms with E-state index in [-0.39, 0.29) is 5.75 Å². The Kier molecular flexibility index (Phi) is 7.14. The first-order valence-electron chi connectivity index (χ1n) is 7.36. The van der Waals surface area contributed by atoms with Gasteiger partial charge in [0.1, 0.15) is 11.6 Å². The van der Waals surface area contributed by atoms with E-state index in [4.69, 9.17) is 21.4 Å². The average Bonchev–Trinajstić information content (AvgIpc) is 2.94. The van der Waals surface area contributed by atoms with Crippen LogP contribution >= 0.6 is 23.4 Å². The summed E-state index contributed by atoms with van der Waals surface area (Å²) < 4.78 is 7.53. The highest BCUT2D eigenvalue weighted by Gasteiger charge is 2.12. The summed E-state index contributed by atoms with van der Waals surface area (Å²) in [5.41, 5.74) is 0. The van der Waals surface area contributed by atoms with E-state index in [9.17, 15) is 4.79 Å². The summed E-state index contributed by atoms with van der Waals surface area (Å²) in [6, 6.07) is 7.21. The van der Waals surface area contributed by atoms with Gasteiger partial charge in [-0.05, 0) is 30.7 Å². The molecule has 0 amide bonds. The van der Waals surface area contributed by atoms with Crippen molar-refractivity contribution in [2.75, 3.05) is 12.4 Å². The van der Waals surface area contributed by atoms with E-state index >= 15 is 0 Å². The summed E-state index contributed by atoms with van der Waals surface area (Å²) in [5.74, 6) is 0.632. The molecule has 1 heterocycles. The Bertz CT molecular complexity index is 688. The van der Waals surface area contributed by atoms with Crippen molar-refractivity contribution >= 4 is 29.3 Å². The zero-order chi connectivity index (χ0) is 17.4. The van der Waals surface area contributed by atoms with Gasteiger partial charge in [0.05, 0.1) is 12.4 Å². The number of allylic oxidation sites excluding steroid dienone is 1. The van der Waals surface area contributed by atoms with Crippen LogP contribution in [0.5, 0.6) is 5.75 Å². The second-order valence-electron chi connectivity index (χ2n) is 4.89. The number of carboxylic acid groups (broad SMARTS) is 1. The number of carboxylic acids is 1. The van der Waals surface area contributed by atoms with Crippen LogP contribution in [-0.4, -0.2) is 38.2 Å². The summed E-state index contributed by atoms with van der Waals surface area (Å²) in [4.78, 5) is 10.7. The number of rotatable bonds is 10. The van der Waals surface area contributed by atoms with Crippen molar-refractivity contribution in [2.24, 2.45) is 0 Å². The van der Waals surface area contributed by atoms with Gasteiger partial charge >= 0.3 is 5.97 Å². The van der Waals surface area contributed by atoms with Gasteiger partial charge in [0.15, 0.2) is 5.16 Å². The zero-order valence-electron chi connectivity index (χ0n) is 13.0. The topological polar surface area (TPSA) is 77.2 Å². The molecule has 1 N–H and O–H groups in total. The van der Waals surface area contributed by atoms with E-state index < -0.39 is 5.97 Å². The van der Waals surface area contributed by atoms with Gasteiger partial charge in [-0.15, -0.1) is 16.8 Å². The lowest BCUT2D eigenvalue weighted by molar-refractivity contribution is -0.133. The Morgan fingerprint density at radius 3 is 2.79 bits per heavy atom. The molecular formula is C16H18ClN3O3S. The van der Waals surface area contributed by atoms with Crippen molar-refractivity contribution in [3.05, 3.63) is 47.8 Å². The maximum atomic E-state index is 10.7. The number of carbonyl (C=O) groups is 1. The summed E-state index contributed by atoms with van der Waals surface area (Å²) in [5, 5.41) is 18.2. The highest BCUT2D eigenvalue weighted by Crippen LogP contribution is 2.18. The van der Waals surface area contributed by atoms with Crippen molar-refractivity contribution in [1.82, 2.24) is 14.8 Å². The molecule has 0 atom stereocenters. The van der Waals surface area contributed by atoms with Crippen LogP contribution < -0.4 is 4.74 Å². The third-order valence-electron chi connectivity index (χ3n) is 3.06. The van der Waals surface area contributed by atoms with Gasteiger partial charge in [-0.1, -0.05) is 29.4 Å². The van der Waals surface area contributed by atoms with Gasteiger partial charge in [-0.3, -0.25) is 4.79 Å². The van der Waals surface area contributed by atoms with Crippen LogP contribution in [0, 0.1) is 0 Å². The lowest BCUT2D eigenvalue weighted by atomic mass is 10.3. The molecule has 0 aliphatic rings. The standard InChI is InChI=1S/C16H18ClN3O3S/c1-2-9-20-14(18-19-16(20)24-11-15(21)22)4-3-10-23-13-7-5-12(17)6-8-13/h2,5-8H,1,3-4,9-11H2,(H,21,22). The monoisotopic (exact) mass is 367 g/mol. The van der Waals surface area contributed by atoms with Gasteiger partial charge < -0.3 is 14.4 Å². The van der Waals surface area contributed by atoms with E-state index in [1.54, 1.807) is 18.2 Å². The maximum Gasteiger partial charge on any atom is 0.313 e. The molecule has 0 saturated heterocycles. The first-order valence-corrected chi connectivity index (χ1v) is 8.72. The fraction of sp³-hybridized carbons (Fsp3) is 0.312. The minimum Gasteiger partial charge on any atom is -0.494 e. The summed E-state index contributed by atoms with van der Waals surface area (Å²) in [7, 11) is 0. The molecule has 2 rings (SSSR count). The number of thioether (sulfide) groups is 1. The van der Waals surface area contributed by atoms with Gasteiger partial charge in [0.25, 0.3) is 0 Å². The molecule has 6 nitrogen and oxygen atoms in total. The van der Waals surface area contributed by atoms with E-state index in [0.29, 0.717) is 29.8 Å². The number of aromatic nitrogens is 3. The summed E-state index contributed by atoms with van der Waals surface area (Å²) in [6.07, 6.45) is 3.19. The Morgan fingerprint density at radius 1 is 1.38 bits per heavy atom. The van der Waals surface area contributed by atoms with Crippen LogP contribution in [0.1, 0.15) is 12.2 Å². The lowest BCUT2D eigenvalue weighted by Gasteiger charge is -2.08. The van der Waals surface area contributed by atoms with E-state index in [1.165, 1.54) is 0 Å². The van der Waals surface area contributed by atoms with Crippen molar-refractivity contribution in [3.63, 3.8) is 0 Å². The number of hydrogen-bond acceptors (Lipinski definition) is 5. The largest absolute Gasteiger partial charge is 0.494 e. The quantitative estimate of drug-likeness (QED) is 0.394. The molecule has 0 unspecified atom stereocenters. The van der Waals surface area contributed by atoms with Crippen molar-refractivity contribution < 1.29 is 14.6 Å². The fourth-order valence-electron chi connectivity index (χ4n) is 2.00. The molecule has 8 heteroatoms. The maximum absolute atomic E-state index is 10.7. The predicted octanol–water partition coefficient (Wildman–Crippen LogP) is 3.31. The number of benzene rings is 1. The molecule has 24 heavy (non-hydrogen) atoms. The zero-order valence-corrected chi connectivity index (χ0v) is 14.6. The Labute approximate surface area is 149 Å². The van der Waals surface area contributed by atoms with Crippen LogP contribution in [0.15, 0.2) is 42.1 Å². The highest BCUT2D eigenvalue weighted by atomic mass is 35.5. The van der Waals surface area contributed by atoms with Crippen LogP contribution in [0.4, 0.5) is 0 Å². The molecule has 0 spiro atoms. The number of halogens is 1. The number of nitrogens with zero attached hydrogens (tertiary/aromatic N) is 3. The Morgan fingerprint density at radius 2 is 2.12 bits per heavy atom. The predicted molar refractivity (Wildman–Crippen MR) is 93.8 cm³/mol. The van der Waals surface area contributed by atoms with Gasteiger partial charge in [-0.2, -0.15) is 0 Å². The second kappa shape index (κ2) is 9.34.